The molecule has 1 aliphatic heterocycles. The van der Waals surface area contributed by atoms with E-state index in [1.165, 1.54) is 31.4 Å². The second-order valence-corrected chi connectivity index (χ2v) is 5.52. The molecule has 0 spiro atoms. The largest absolute Gasteiger partial charge is 0.331 e. The first-order valence-electron chi connectivity index (χ1n) is 6.94. The molecule has 0 aliphatic carbocycles. The minimum absolute atomic E-state index is 0.275. The third kappa shape index (κ3) is 2.39. The fourth-order valence-electron chi connectivity index (χ4n) is 2.97. The van der Waals surface area contributed by atoms with Crippen molar-refractivity contribution in [3.05, 3.63) is 18.2 Å². The van der Waals surface area contributed by atoms with Gasteiger partial charge in [-0.3, -0.25) is 0 Å². The molecule has 3 heteroatoms. The van der Waals surface area contributed by atoms with E-state index in [0.29, 0.717) is 6.04 Å². The number of rotatable bonds is 5. The number of nitrogens with one attached hydrogen (secondary N) is 1. The van der Waals surface area contributed by atoms with Crippen molar-refractivity contribution in [2.45, 2.75) is 57.9 Å². The highest BCUT2D eigenvalue weighted by molar-refractivity contribution is 5.18. The van der Waals surface area contributed by atoms with Gasteiger partial charge in [-0.2, -0.15) is 0 Å². The van der Waals surface area contributed by atoms with E-state index in [1.807, 2.05) is 6.33 Å². The van der Waals surface area contributed by atoms with Gasteiger partial charge in [-0.1, -0.05) is 27.2 Å². The summed E-state index contributed by atoms with van der Waals surface area (Å²) in [6, 6.07) is 0.620. The SMILES string of the molecule is CCCC(CC)n1cncc1C1(C)CCNC1. The molecule has 0 saturated carbocycles. The smallest absolute Gasteiger partial charge is 0.0950 e. The lowest BCUT2D eigenvalue weighted by atomic mass is 9.86. The molecule has 2 rings (SSSR count). The Morgan fingerprint density at radius 3 is 2.94 bits per heavy atom. The second kappa shape index (κ2) is 5.21. The Balaban J connectivity index is 2.26. The van der Waals surface area contributed by atoms with Crippen LogP contribution in [0.15, 0.2) is 12.5 Å². The summed E-state index contributed by atoms with van der Waals surface area (Å²) in [5.41, 5.74) is 1.69. The van der Waals surface area contributed by atoms with Crippen LogP contribution in [0.1, 0.15) is 58.2 Å². The second-order valence-electron chi connectivity index (χ2n) is 5.52. The van der Waals surface area contributed by atoms with Crippen LogP contribution < -0.4 is 5.32 Å². The normalized spacial score (nSPS) is 26.3. The molecule has 2 heterocycles. The number of hydrogen-bond donors (Lipinski definition) is 1. The van der Waals surface area contributed by atoms with Crippen LogP contribution in [0.25, 0.3) is 0 Å². The van der Waals surface area contributed by atoms with Crippen molar-refractivity contribution in [1.29, 1.82) is 0 Å². The fraction of sp³-hybridized carbons (Fsp3) is 0.786. The fourth-order valence-corrected chi connectivity index (χ4v) is 2.97. The third-order valence-electron chi connectivity index (χ3n) is 4.14. The van der Waals surface area contributed by atoms with Crippen LogP contribution >= 0.6 is 0 Å². The Hall–Kier alpha value is -0.830. The van der Waals surface area contributed by atoms with Crippen molar-refractivity contribution < 1.29 is 0 Å². The first-order valence-corrected chi connectivity index (χ1v) is 6.94. The zero-order chi connectivity index (χ0) is 12.3. The average molecular weight is 235 g/mol. The molecule has 1 saturated heterocycles. The molecule has 3 nitrogen and oxygen atoms in total. The summed E-state index contributed by atoms with van der Waals surface area (Å²) in [5, 5.41) is 3.48. The summed E-state index contributed by atoms with van der Waals surface area (Å²) in [6.45, 7) is 9.12. The van der Waals surface area contributed by atoms with E-state index < -0.39 is 0 Å². The zero-order valence-corrected chi connectivity index (χ0v) is 11.4. The van der Waals surface area contributed by atoms with Crippen molar-refractivity contribution in [3.8, 4) is 0 Å². The van der Waals surface area contributed by atoms with Gasteiger partial charge in [0.25, 0.3) is 0 Å². The van der Waals surface area contributed by atoms with E-state index in [9.17, 15) is 0 Å². The van der Waals surface area contributed by atoms with Gasteiger partial charge in [0.05, 0.1) is 6.33 Å². The van der Waals surface area contributed by atoms with E-state index in [2.05, 4.69) is 41.8 Å². The molecule has 0 bridgehead atoms. The molecule has 2 unspecified atom stereocenters. The zero-order valence-electron chi connectivity index (χ0n) is 11.4. The highest BCUT2D eigenvalue weighted by Gasteiger charge is 2.34. The lowest BCUT2D eigenvalue weighted by Crippen LogP contribution is -2.29. The van der Waals surface area contributed by atoms with E-state index >= 15 is 0 Å². The first-order chi connectivity index (χ1) is 8.21. The molecule has 2 atom stereocenters. The van der Waals surface area contributed by atoms with Crippen LogP contribution in [0.4, 0.5) is 0 Å². The van der Waals surface area contributed by atoms with Crippen LogP contribution in [0.5, 0.6) is 0 Å². The minimum atomic E-state index is 0.275. The molecular formula is C14H25N3. The summed E-state index contributed by atoms with van der Waals surface area (Å²) in [5.74, 6) is 0. The van der Waals surface area contributed by atoms with E-state index in [1.54, 1.807) is 0 Å². The van der Waals surface area contributed by atoms with E-state index in [-0.39, 0.29) is 5.41 Å². The predicted molar refractivity (Wildman–Crippen MR) is 71.3 cm³/mol. The maximum absolute atomic E-state index is 4.40. The summed E-state index contributed by atoms with van der Waals surface area (Å²) >= 11 is 0. The van der Waals surface area contributed by atoms with Crippen LogP contribution in [-0.2, 0) is 5.41 Å². The van der Waals surface area contributed by atoms with Crippen molar-refractivity contribution in [2.24, 2.45) is 0 Å². The van der Waals surface area contributed by atoms with Gasteiger partial charge in [0.1, 0.15) is 0 Å². The molecule has 17 heavy (non-hydrogen) atoms. The monoisotopic (exact) mass is 235 g/mol. The highest BCUT2D eigenvalue weighted by Crippen LogP contribution is 2.33. The average Bonchev–Trinajstić information content (AvgIpc) is 2.95. The molecule has 1 aliphatic rings. The standard InChI is InChI=1S/C14H25N3/c1-4-6-12(5-2)17-11-16-9-13(17)14(3)7-8-15-10-14/h9,11-12,15H,4-8,10H2,1-3H3. The Morgan fingerprint density at radius 1 is 1.53 bits per heavy atom. The van der Waals surface area contributed by atoms with Crippen molar-refractivity contribution in [3.63, 3.8) is 0 Å². The summed E-state index contributed by atoms with van der Waals surface area (Å²) in [7, 11) is 0. The van der Waals surface area contributed by atoms with Gasteiger partial charge in [-0.05, 0) is 25.8 Å². The molecule has 1 aromatic heterocycles. The van der Waals surface area contributed by atoms with Crippen molar-refractivity contribution >= 4 is 0 Å². The first kappa shape index (κ1) is 12.6. The Morgan fingerprint density at radius 2 is 2.35 bits per heavy atom. The number of imidazole rings is 1. The molecule has 1 fully saturated rings. The van der Waals surface area contributed by atoms with Gasteiger partial charge < -0.3 is 9.88 Å². The van der Waals surface area contributed by atoms with Crippen LogP contribution in [0.2, 0.25) is 0 Å². The summed E-state index contributed by atoms with van der Waals surface area (Å²) in [4.78, 5) is 4.40. The Labute approximate surface area is 105 Å². The lowest BCUT2D eigenvalue weighted by molar-refractivity contribution is 0.393. The van der Waals surface area contributed by atoms with Crippen molar-refractivity contribution in [1.82, 2.24) is 14.9 Å². The predicted octanol–water partition coefficient (Wildman–Crippen LogP) is 2.89. The molecule has 0 aromatic carbocycles. The van der Waals surface area contributed by atoms with Gasteiger partial charge in [0.2, 0.25) is 0 Å². The van der Waals surface area contributed by atoms with Crippen LogP contribution in [0.3, 0.4) is 0 Å². The Kier molecular flexibility index (Phi) is 3.87. The van der Waals surface area contributed by atoms with Crippen molar-refractivity contribution in [2.75, 3.05) is 13.1 Å². The molecular weight excluding hydrogens is 210 g/mol. The lowest BCUT2D eigenvalue weighted by Gasteiger charge is -2.28. The highest BCUT2D eigenvalue weighted by atomic mass is 15.1. The molecule has 1 N–H and O–H groups in total. The number of nitrogens with zero attached hydrogens (tertiary/aromatic N) is 2. The summed E-state index contributed by atoms with van der Waals surface area (Å²) < 4.78 is 2.43. The van der Waals surface area contributed by atoms with Gasteiger partial charge in [-0.15, -0.1) is 0 Å². The van der Waals surface area contributed by atoms with Gasteiger partial charge in [-0.25, -0.2) is 4.98 Å². The third-order valence-corrected chi connectivity index (χ3v) is 4.14. The van der Waals surface area contributed by atoms with Crippen LogP contribution in [0, 0.1) is 0 Å². The quantitative estimate of drug-likeness (QED) is 0.850. The molecule has 96 valence electrons. The van der Waals surface area contributed by atoms with Crippen LogP contribution in [-0.4, -0.2) is 22.6 Å². The van der Waals surface area contributed by atoms with Gasteiger partial charge in [0.15, 0.2) is 0 Å². The maximum Gasteiger partial charge on any atom is 0.0950 e. The number of hydrogen-bond acceptors (Lipinski definition) is 2. The topological polar surface area (TPSA) is 29.9 Å². The summed E-state index contributed by atoms with van der Waals surface area (Å²) in [6.07, 6.45) is 9.02. The number of aromatic nitrogens is 2. The van der Waals surface area contributed by atoms with E-state index in [4.69, 9.17) is 0 Å². The van der Waals surface area contributed by atoms with Gasteiger partial charge in [0, 0.05) is 29.9 Å². The Bertz CT molecular complexity index is 350. The van der Waals surface area contributed by atoms with Gasteiger partial charge >= 0.3 is 0 Å². The molecule has 0 radical (unpaired) electrons. The van der Waals surface area contributed by atoms with E-state index in [0.717, 1.165) is 13.1 Å². The maximum atomic E-state index is 4.40. The minimum Gasteiger partial charge on any atom is -0.331 e. The molecule has 0 amide bonds. The molecule has 1 aromatic rings.